The first-order chi connectivity index (χ1) is 14.1. The molecule has 7 heteroatoms. The number of aromatic nitrogens is 3. The molecule has 1 atom stereocenters. The molecule has 1 aliphatic heterocycles. The van der Waals surface area contributed by atoms with Gasteiger partial charge in [0.15, 0.2) is 5.65 Å². The van der Waals surface area contributed by atoms with Crippen LogP contribution in [0.5, 0.6) is 0 Å². The van der Waals surface area contributed by atoms with Crippen molar-refractivity contribution >= 4 is 22.9 Å². The van der Waals surface area contributed by atoms with E-state index in [2.05, 4.69) is 34.0 Å². The molecule has 1 fully saturated rings. The summed E-state index contributed by atoms with van der Waals surface area (Å²) in [6.45, 7) is 2.79. The number of nitrogens with one attached hydrogen (secondary N) is 1. The van der Waals surface area contributed by atoms with Crippen molar-refractivity contribution in [3.05, 3.63) is 53.0 Å². The Labute approximate surface area is 168 Å². The molecule has 5 rings (SSSR count). The van der Waals surface area contributed by atoms with Crippen molar-refractivity contribution in [2.24, 2.45) is 0 Å². The SMILES string of the molecule is CC(c1ccc2c(c1)CCCN2C(=O)OC1CC1)c1nc2ncc(C#N)cc2[nH]1. The molecule has 2 aromatic heterocycles. The van der Waals surface area contributed by atoms with Gasteiger partial charge in [-0.3, -0.25) is 4.90 Å². The number of amides is 1. The van der Waals surface area contributed by atoms with Crippen molar-refractivity contribution in [1.82, 2.24) is 15.0 Å². The molecule has 2 aliphatic rings. The van der Waals surface area contributed by atoms with E-state index >= 15 is 0 Å². The van der Waals surface area contributed by atoms with Crippen LogP contribution in [0.3, 0.4) is 0 Å². The number of benzene rings is 1. The molecule has 1 unspecified atom stereocenters. The molecule has 1 aliphatic carbocycles. The Hall–Kier alpha value is -3.40. The maximum Gasteiger partial charge on any atom is 0.414 e. The zero-order valence-corrected chi connectivity index (χ0v) is 16.2. The summed E-state index contributed by atoms with van der Waals surface area (Å²) in [5.41, 5.74) is 5.11. The number of anilines is 1. The minimum absolute atomic E-state index is 0.0360. The summed E-state index contributed by atoms with van der Waals surface area (Å²) in [5.74, 6) is 0.845. The van der Waals surface area contributed by atoms with Gasteiger partial charge in [-0.1, -0.05) is 19.1 Å². The minimum atomic E-state index is -0.231. The van der Waals surface area contributed by atoms with Gasteiger partial charge in [0.1, 0.15) is 18.0 Å². The third-order valence-electron chi connectivity index (χ3n) is 5.63. The zero-order chi connectivity index (χ0) is 20.0. The van der Waals surface area contributed by atoms with Gasteiger partial charge in [-0.2, -0.15) is 5.26 Å². The van der Waals surface area contributed by atoms with E-state index in [1.165, 1.54) is 6.20 Å². The molecule has 1 saturated carbocycles. The predicted octanol–water partition coefficient (Wildman–Crippen LogP) is 4.03. The number of aromatic amines is 1. The van der Waals surface area contributed by atoms with Crippen molar-refractivity contribution < 1.29 is 9.53 Å². The van der Waals surface area contributed by atoms with Crippen LogP contribution in [0.4, 0.5) is 10.5 Å². The number of ether oxygens (including phenoxy) is 1. The van der Waals surface area contributed by atoms with E-state index in [9.17, 15) is 4.79 Å². The molecule has 0 bridgehead atoms. The van der Waals surface area contributed by atoms with E-state index in [0.717, 1.165) is 53.8 Å². The monoisotopic (exact) mass is 387 g/mol. The number of carbonyl (C=O) groups is 1. The first kappa shape index (κ1) is 17.7. The van der Waals surface area contributed by atoms with E-state index in [1.807, 2.05) is 12.1 Å². The van der Waals surface area contributed by atoms with Crippen LogP contribution in [-0.2, 0) is 11.2 Å². The average Bonchev–Trinajstić information content (AvgIpc) is 3.46. The number of H-pyrrole nitrogens is 1. The quantitative estimate of drug-likeness (QED) is 0.732. The second-order valence-corrected chi connectivity index (χ2v) is 7.78. The number of hydrogen-bond donors (Lipinski definition) is 1. The number of aryl methyl sites for hydroxylation is 1. The number of rotatable bonds is 3. The van der Waals surface area contributed by atoms with Crippen LogP contribution in [0.25, 0.3) is 11.2 Å². The molecule has 0 spiro atoms. The lowest BCUT2D eigenvalue weighted by Gasteiger charge is -2.29. The zero-order valence-electron chi connectivity index (χ0n) is 16.2. The van der Waals surface area contributed by atoms with Crippen LogP contribution >= 0.6 is 0 Å². The lowest BCUT2D eigenvalue weighted by molar-refractivity contribution is 0.146. The second-order valence-electron chi connectivity index (χ2n) is 7.78. The summed E-state index contributed by atoms with van der Waals surface area (Å²) >= 11 is 0. The van der Waals surface area contributed by atoms with Crippen molar-refractivity contribution in [2.75, 3.05) is 11.4 Å². The Balaban J connectivity index is 1.43. The number of nitrogens with zero attached hydrogens (tertiary/aromatic N) is 4. The van der Waals surface area contributed by atoms with Crippen molar-refractivity contribution in [1.29, 1.82) is 5.26 Å². The average molecular weight is 387 g/mol. The fourth-order valence-electron chi connectivity index (χ4n) is 3.81. The molecular weight excluding hydrogens is 366 g/mol. The maximum absolute atomic E-state index is 12.5. The van der Waals surface area contributed by atoms with Crippen LogP contribution < -0.4 is 4.90 Å². The maximum atomic E-state index is 12.5. The Morgan fingerprint density at radius 2 is 2.24 bits per heavy atom. The highest BCUT2D eigenvalue weighted by Crippen LogP contribution is 2.34. The van der Waals surface area contributed by atoms with Gasteiger partial charge in [-0.25, -0.2) is 14.8 Å². The van der Waals surface area contributed by atoms with Gasteiger partial charge < -0.3 is 9.72 Å². The minimum Gasteiger partial charge on any atom is -0.446 e. The van der Waals surface area contributed by atoms with Gasteiger partial charge in [-0.05, 0) is 48.9 Å². The molecule has 7 nitrogen and oxygen atoms in total. The van der Waals surface area contributed by atoms with E-state index < -0.39 is 0 Å². The van der Waals surface area contributed by atoms with Gasteiger partial charge in [-0.15, -0.1) is 0 Å². The topological polar surface area (TPSA) is 94.9 Å². The number of fused-ring (bicyclic) bond motifs is 2. The van der Waals surface area contributed by atoms with Crippen molar-refractivity contribution in [3.8, 4) is 6.07 Å². The second kappa shape index (κ2) is 6.89. The predicted molar refractivity (Wildman–Crippen MR) is 108 cm³/mol. The highest BCUT2D eigenvalue weighted by molar-refractivity contribution is 5.89. The third kappa shape index (κ3) is 3.31. The standard InChI is InChI=1S/C22H21N5O2/c1-13(20-25-18-9-14(11-23)12-24-21(18)26-20)15-4-7-19-16(10-15)3-2-8-27(19)22(28)29-17-5-6-17/h4,7,9-10,12-13,17H,2-3,5-6,8H2,1H3,(H,24,25,26). The summed E-state index contributed by atoms with van der Waals surface area (Å²) < 4.78 is 5.50. The van der Waals surface area contributed by atoms with Crippen molar-refractivity contribution in [2.45, 2.75) is 44.6 Å². The lowest BCUT2D eigenvalue weighted by atomic mass is 9.93. The van der Waals surface area contributed by atoms with Gasteiger partial charge in [0.05, 0.1) is 16.8 Å². The Morgan fingerprint density at radius 3 is 3.03 bits per heavy atom. The van der Waals surface area contributed by atoms with Crippen LogP contribution in [0, 0.1) is 11.3 Å². The Kier molecular flexibility index (Phi) is 4.20. The van der Waals surface area contributed by atoms with Crippen molar-refractivity contribution in [3.63, 3.8) is 0 Å². The van der Waals surface area contributed by atoms with E-state index in [0.29, 0.717) is 17.8 Å². The van der Waals surface area contributed by atoms with Gasteiger partial charge in [0.2, 0.25) is 0 Å². The molecular formula is C22H21N5O2. The number of pyridine rings is 1. The van der Waals surface area contributed by atoms with Gasteiger partial charge in [0, 0.05) is 18.7 Å². The van der Waals surface area contributed by atoms with Crippen LogP contribution in [0.2, 0.25) is 0 Å². The van der Waals surface area contributed by atoms with E-state index in [-0.39, 0.29) is 18.1 Å². The molecule has 0 radical (unpaired) electrons. The van der Waals surface area contributed by atoms with Gasteiger partial charge in [0.25, 0.3) is 0 Å². The molecule has 3 aromatic rings. The summed E-state index contributed by atoms with van der Waals surface area (Å²) in [6.07, 6.45) is 5.23. The van der Waals surface area contributed by atoms with E-state index in [4.69, 9.17) is 10.00 Å². The molecule has 0 saturated heterocycles. The van der Waals surface area contributed by atoms with Crippen LogP contribution in [0.15, 0.2) is 30.5 Å². The first-order valence-corrected chi connectivity index (χ1v) is 9.99. The molecule has 1 aromatic carbocycles. The third-order valence-corrected chi connectivity index (χ3v) is 5.63. The molecule has 29 heavy (non-hydrogen) atoms. The molecule has 146 valence electrons. The number of carbonyl (C=O) groups excluding carboxylic acids is 1. The molecule has 3 heterocycles. The largest absolute Gasteiger partial charge is 0.446 e. The molecule has 1 N–H and O–H groups in total. The summed E-state index contributed by atoms with van der Waals surface area (Å²) in [6, 6.07) is 10.1. The smallest absolute Gasteiger partial charge is 0.414 e. The van der Waals surface area contributed by atoms with E-state index in [1.54, 1.807) is 11.0 Å². The number of nitriles is 1. The Morgan fingerprint density at radius 1 is 1.38 bits per heavy atom. The highest BCUT2D eigenvalue weighted by Gasteiger charge is 2.31. The molecule has 1 amide bonds. The van der Waals surface area contributed by atoms with Gasteiger partial charge >= 0.3 is 6.09 Å². The summed E-state index contributed by atoms with van der Waals surface area (Å²) in [4.78, 5) is 26.4. The van der Waals surface area contributed by atoms with Crippen LogP contribution in [0.1, 0.15) is 54.6 Å². The van der Waals surface area contributed by atoms with Crippen LogP contribution in [-0.4, -0.2) is 33.7 Å². The lowest BCUT2D eigenvalue weighted by Crippen LogP contribution is -2.36. The fourth-order valence-corrected chi connectivity index (χ4v) is 3.81. The summed E-state index contributed by atoms with van der Waals surface area (Å²) in [7, 11) is 0. The normalized spacial score (nSPS) is 16.9. The Bertz CT molecular complexity index is 1140. The number of hydrogen-bond acceptors (Lipinski definition) is 5. The fraction of sp³-hybridized carbons (Fsp3) is 0.364. The summed E-state index contributed by atoms with van der Waals surface area (Å²) in [5, 5.41) is 9.05. The number of imidazole rings is 1. The first-order valence-electron chi connectivity index (χ1n) is 9.99. The highest BCUT2D eigenvalue weighted by atomic mass is 16.6.